The van der Waals surface area contributed by atoms with Crippen LogP contribution in [-0.4, -0.2) is 20.7 Å². The number of thiophene rings is 1. The summed E-state index contributed by atoms with van der Waals surface area (Å²) >= 11 is 1.18. The van der Waals surface area contributed by atoms with Gasteiger partial charge in [0.1, 0.15) is 15.7 Å². The Morgan fingerprint density at radius 3 is 2.56 bits per heavy atom. The lowest BCUT2D eigenvalue weighted by atomic mass is 10.2. The minimum Gasteiger partial charge on any atom is -0.495 e. The summed E-state index contributed by atoms with van der Waals surface area (Å²) in [5, 5.41) is 5.66. The van der Waals surface area contributed by atoms with Crippen LogP contribution in [0.4, 0.5) is 5.69 Å². The van der Waals surface area contributed by atoms with Gasteiger partial charge in [-0.1, -0.05) is 23.4 Å². The fourth-order valence-corrected chi connectivity index (χ4v) is 5.07. The molecular weight excluding hydrogens is 360 g/mol. The molecule has 0 fully saturated rings. The van der Waals surface area contributed by atoms with E-state index in [1.54, 1.807) is 55.6 Å². The number of nitrogens with zero attached hydrogens (tertiary/aromatic N) is 2. The average Bonchev–Trinajstić information content (AvgIpc) is 3.24. The standard InChI is InChI=1S/C17H18N2O4S2/c1-12-14(13(2)23-18-12)11-19(15-7-4-5-8-16(15)22-3)25(20,21)17-9-6-10-24-17/h4-10H,11H2,1-3H3. The van der Waals surface area contributed by atoms with Crippen LogP contribution in [0.3, 0.4) is 0 Å². The molecule has 0 saturated carbocycles. The molecule has 0 N–H and O–H groups in total. The monoisotopic (exact) mass is 378 g/mol. The van der Waals surface area contributed by atoms with E-state index in [0.29, 0.717) is 22.9 Å². The van der Waals surface area contributed by atoms with E-state index in [-0.39, 0.29) is 10.8 Å². The van der Waals surface area contributed by atoms with E-state index in [9.17, 15) is 8.42 Å². The van der Waals surface area contributed by atoms with Crippen LogP contribution in [0.2, 0.25) is 0 Å². The fraction of sp³-hybridized carbons (Fsp3) is 0.235. The number of benzene rings is 1. The van der Waals surface area contributed by atoms with Crippen molar-refractivity contribution in [3.8, 4) is 5.75 Å². The van der Waals surface area contributed by atoms with Crippen LogP contribution < -0.4 is 9.04 Å². The fourth-order valence-electron chi connectivity index (χ4n) is 2.53. The summed E-state index contributed by atoms with van der Waals surface area (Å²) in [6.07, 6.45) is 0. The van der Waals surface area contributed by atoms with Gasteiger partial charge in [-0.2, -0.15) is 0 Å². The van der Waals surface area contributed by atoms with Gasteiger partial charge >= 0.3 is 0 Å². The molecule has 6 nitrogen and oxygen atoms in total. The molecule has 0 aliphatic rings. The zero-order valence-electron chi connectivity index (χ0n) is 14.1. The van der Waals surface area contributed by atoms with Gasteiger partial charge in [0, 0.05) is 5.56 Å². The molecule has 2 aromatic heterocycles. The second-order valence-corrected chi connectivity index (χ2v) is 8.46. The van der Waals surface area contributed by atoms with Crippen LogP contribution in [0.25, 0.3) is 0 Å². The van der Waals surface area contributed by atoms with Crippen LogP contribution in [0.1, 0.15) is 17.0 Å². The Morgan fingerprint density at radius 2 is 1.96 bits per heavy atom. The Bertz CT molecular complexity index is 943. The first kappa shape index (κ1) is 17.5. The Hall–Kier alpha value is -2.32. The Morgan fingerprint density at radius 1 is 1.20 bits per heavy atom. The van der Waals surface area contributed by atoms with Gasteiger partial charge in [-0.25, -0.2) is 8.42 Å². The maximum Gasteiger partial charge on any atom is 0.274 e. The molecule has 3 aromatic rings. The highest BCUT2D eigenvalue weighted by atomic mass is 32.2. The third-order valence-corrected chi connectivity index (χ3v) is 7.01. The molecule has 0 spiro atoms. The predicted octanol–water partition coefficient (Wildman–Crippen LogP) is 3.76. The third-order valence-electron chi connectivity index (χ3n) is 3.88. The van der Waals surface area contributed by atoms with Gasteiger partial charge in [0.05, 0.1) is 25.0 Å². The molecule has 0 atom stereocenters. The van der Waals surface area contributed by atoms with Crippen molar-refractivity contribution in [1.82, 2.24) is 5.16 Å². The quantitative estimate of drug-likeness (QED) is 0.653. The molecule has 2 heterocycles. The summed E-state index contributed by atoms with van der Waals surface area (Å²) in [5.41, 5.74) is 1.88. The highest BCUT2D eigenvalue weighted by molar-refractivity contribution is 7.94. The summed E-state index contributed by atoms with van der Waals surface area (Å²) in [6.45, 7) is 3.68. The van der Waals surface area contributed by atoms with E-state index in [0.717, 1.165) is 5.56 Å². The van der Waals surface area contributed by atoms with Crippen molar-refractivity contribution in [3.63, 3.8) is 0 Å². The van der Waals surface area contributed by atoms with Gasteiger partial charge in [-0.3, -0.25) is 4.31 Å². The van der Waals surface area contributed by atoms with Gasteiger partial charge in [-0.05, 0) is 37.4 Å². The number of hydrogen-bond donors (Lipinski definition) is 0. The highest BCUT2D eigenvalue weighted by Crippen LogP contribution is 2.35. The van der Waals surface area contributed by atoms with Crippen molar-refractivity contribution in [1.29, 1.82) is 0 Å². The lowest BCUT2D eigenvalue weighted by Crippen LogP contribution is -2.30. The van der Waals surface area contributed by atoms with Crippen molar-refractivity contribution >= 4 is 27.0 Å². The molecule has 0 saturated heterocycles. The second kappa shape index (κ2) is 6.89. The lowest BCUT2D eigenvalue weighted by Gasteiger charge is -2.25. The van der Waals surface area contributed by atoms with Crippen LogP contribution in [-0.2, 0) is 16.6 Å². The number of rotatable bonds is 6. The number of ether oxygens (including phenoxy) is 1. The first-order valence-electron chi connectivity index (χ1n) is 7.56. The molecule has 1 aromatic carbocycles. The summed E-state index contributed by atoms with van der Waals surface area (Å²) in [5.74, 6) is 1.08. The SMILES string of the molecule is COc1ccccc1N(Cc1c(C)noc1C)S(=O)(=O)c1cccs1. The molecule has 0 radical (unpaired) electrons. The minimum absolute atomic E-state index is 0.113. The number of anilines is 1. The smallest absolute Gasteiger partial charge is 0.274 e. The average molecular weight is 378 g/mol. The van der Waals surface area contributed by atoms with E-state index >= 15 is 0 Å². The normalized spacial score (nSPS) is 11.5. The van der Waals surface area contributed by atoms with E-state index in [1.165, 1.54) is 22.8 Å². The number of methoxy groups -OCH3 is 1. The van der Waals surface area contributed by atoms with E-state index in [1.807, 2.05) is 0 Å². The van der Waals surface area contributed by atoms with Crippen LogP contribution in [0, 0.1) is 13.8 Å². The number of hydrogen-bond acceptors (Lipinski definition) is 6. The summed E-state index contributed by atoms with van der Waals surface area (Å²) in [7, 11) is -2.23. The molecule has 0 aliphatic heterocycles. The van der Waals surface area contributed by atoms with E-state index < -0.39 is 10.0 Å². The summed E-state index contributed by atoms with van der Waals surface area (Å²) < 4.78 is 38.7. The maximum absolute atomic E-state index is 13.2. The zero-order chi connectivity index (χ0) is 18.0. The van der Waals surface area contributed by atoms with Crippen LogP contribution in [0.5, 0.6) is 5.75 Å². The Labute approximate surface area is 150 Å². The zero-order valence-corrected chi connectivity index (χ0v) is 15.7. The molecule has 0 bridgehead atoms. The largest absolute Gasteiger partial charge is 0.495 e. The molecule has 8 heteroatoms. The molecule has 0 aliphatic carbocycles. The lowest BCUT2D eigenvalue weighted by molar-refractivity contribution is 0.392. The second-order valence-electron chi connectivity index (χ2n) is 5.42. The van der Waals surface area contributed by atoms with Crippen molar-refractivity contribution in [3.05, 3.63) is 58.8 Å². The van der Waals surface area contributed by atoms with Crippen molar-refractivity contribution in [2.75, 3.05) is 11.4 Å². The summed E-state index contributed by atoms with van der Waals surface area (Å²) in [6, 6.07) is 10.3. The first-order chi connectivity index (χ1) is 11.9. The summed E-state index contributed by atoms with van der Waals surface area (Å²) in [4.78, 5) is 0. The van der Waals surface area contributed by atoms with Gasteiger partial charge in [0.25, 0.3) is 10.0 Å². The number of para-hydroxylation sites is 2. The maximum atomic E-state index is 13.2. The van der Waals surface area contributed by atoms with Gasteiger partial charge in [-0.15, -0.1) is 11.3 Å². The van der Waals surface area contributed by atoms with Crippen molar-refractivity contribution in [2.45, 2.75) is 24.6 Å². The van der Waals surface area contributed by atoms with Gasteiger partial charge in [0.2, 0.25) is 0 Å². The molecule has 132 valence electrons. The van der Waals surface area contributed by atoms with E-state index in [4.69, 9.17) is 9.26 Å². The minimum atomic E-state index is -3.75. The van der Waals surface area contributed by atoms with Crippen LogP contribution >= 0.6 is 11.3 Å². The number of aryl methyl sites for hydroxylation is 2. The van der Waals surface area contributed by atoms with Gasteiger partial charge in [0.15, 0.2) is 0 Å². The topological polar surface area (TPSA) is 72.6 Å². The van der Waals surface area contributed by atoms with Crippen molar-refractivity contribution in [2.24, 2.45) is 0 Å². The van der Waals surface area contributed by atoms with Crippen molar-refractivity contribution < 1.29 is 17.7 Å². The molecule has 0 amide bonds. The highest BCUT2D eigenvalue weighted by Gasteiger charge is 2.30. The van der Waals surface area contributed by atoms with Gasteiger partial charge < -0.3 is 9.26 Å². The number of aromatic nitrogens is 1. The van der Waals surface area contributed by atoms with E-state index in [2.05, 4.69) is 5.16 Å². The molecule has 25 heavy (non-hydrogen) atoms. The molecular formula is C17H18N2O4S2. The Balaban J connectivity index is 2.15. The predicted molar refractivity (Wildman–Crippen MR) is 96.7 cm³/mol. The number of sulfonamides is 1. The Kier molecular flexibility index (Phi) is 4.82. The first-order valence-corrected chi connectivity index (χ1v) is 9.88. The third kappa shape index (κ3) is 3.27. The van der Waals surface area contributed by atoms with Crippen LogP contribution in [0.15, 0.2) is 50.5 Å². The molecule has 0 unspecified atom stereocenters. The molecule has 3 rings (SSSR count).